The number of rotatable bonds is 9. The zero-order chi connectivity index (χ0) is 28.3. The van der Waals surface area contributed by atoms with E-state index in [1.807, 2.05) is 54.0 Å². The van der Waals surface area contributed by atoms with Gasteiger partial charge in [0.1, 0.15) is 0 Å². The van der Waals surface area contributed by atoms with Crippen LogP contribution < -0.4 is 10.3 Å². The Kier molecular flexibility index (Phi) is 8.73. The molecular weight excluding hydrogens is 532 g/mol. The van der Waals surface area contributed by atoms with Crippen LogP contribution in [0.25, 0.3) is 16.3 Å². The lowest BCUT2D eigenvalue weighted by Crippen LogP contribution is -2.44. The fourth-order valence-corrected chi connectivity index (χ4v) is 6.16. The maximum Gasteiger partial charge on any atom is 0.258 e. The van der Waals surface area contributed by atoms with Crippen molar-refractivity contribution < 1.29 is 16.8 Å². The fourth-order valence-electron chi connectivity index (χ4n) is 4.67. The Hall–Kier alpha value is -3.27. The largest absolute Gasteiger partial charge is 0.308 e. The van der Waals surface area contributed by atoms with Crippen LogP contribution in [-0.4, -0.2) is 37.6 Å². The van der Waals surface area contributed by atoms with Crippen LogP contribution in [0.5, 0.6) is 0 Å². The molecule has 3 aromatic rings. The van der Waals surface area contributed by atoms with E-state index in [0.29, 0.717) is 23.1 Å². The predicted molar refractivity (Wildman–Crippen MR) is 159 cm³/mol. The van der Waals surface area contributed by atoms with Gasteiger partial charge >= 0.3 is 0 Å². The van der Waals surface area contributed by atoms with Gasteiger partial charge in [-0.3, -0.25) is 4.79 Å². The molecule has 0 radical (unpaired) electrons. The maximum atomic E-state index is 13.5. The minimum absolute atomic E-state index is 0.0215. The molecule has 1 N–H and O–H groups in total. The summed E-state index contributed by atoms with van der Waals surface area (Å²) >= 11 is 0. The van der Waals surface area contributed by atoms with Gasteiger partial charge in [0.15, 0.2) is 0 Å². The van der Waals surface area contributed by atoms with Crippen LogP contribution in [0.4, 0.5) is 0 Å². The molecule has 4 rings (SSSR count). The summed E-state index contributed by atoms with van der Waals surface area (Å²) in [7, 11) is -6.35. The number of unbranched alkanes of at least 4 members (excludes halogenated alkanes) is 1. The molecule has 0 fully saturated rings. The molecule has 1 aromatic heterocycles. The Labute approximate surface area is 231 Å². The predicted octanol–water partition coefficient (Wildman–Crippen LogP) is 4.40. The summed E-state index contributed by atoms with van der Waals surface area (Å²) in [6.45, 7) is 7.57. The molecule has 0 aliphatic heterocycles. The second kappa shape index (κ2) is 11.9. The van der Waals surface area contributed by atoms with Crippen LogP contribution in [0.15, 0.2) is 71.6 Å². The molecule has 39 heavy (non-hydrogen) atoms. The first-order valence-electron chi connectivity index (χ1n) is 13.1. The normalized spacial score (nSPS) is 15.7. The third kappa shape index (κ3) is 6.32. The quantitative estimate of drug-likeness (QED) is 0.387. The Morgan fingerprint density at radius 1 is 1.05 bits per heavy atom. The Morgan fingerprint density at radius 2 is 1.77 bits per heavy atom. The number of sulfonamides is 1. The van der Waals surface area contributed by atoms with E-state index >= 15 is 0 Å². The number of aryl methyl sites for hydroxylation is 2. The van der Waals surface area contributed by atoms with E-state index in [-0.39, 0.29) is 10.4 Å². The smallest absolute Gasteiger partial charge is 0.258 e. The monoisotopic (exact) mass is 566 g/mol. The van der Waals surface area contributed by atoms with Crippen molar-refractivity contribution in [3.63, 3.8) is 0 Å². The highest BCUT2D eigenvalue weighted by molar-refractivity contribution is 7.90. The number of aromatic nitrogens is 1. The number of fused-ring (bicyclic) bond motifs is 1. The van der Waals surface area contributed by atoms with E-state index in [1.54, 1.807) is 12.2 Å². The van der Waals surface area contributed by atoms with E-state index < -0.39 is 31.6 Å². The summed E-state index contributed by atoms with van der Waals surface area (Å²) in [5, 5.41) is 0.914. The van der Waals surface area contributed by atoms with Crippen LogP contribution in [0.3, 0.4) is 0 Å². The fraction of sp³-hybridized carbons (Fsp3) is 0.333. The molecule has 7 nitrogen and oxygen atoms in total. The molecular formula is C30H34N2O5S2. The minimum Gasteiger partial charge on any atom is -0.308 e. The van der Waals surface area contributed by atoms with Crippen molar-refractivity contribution in [3.05, 3.63) is 99.5 Å². The number of pyridine rings is 1. The molecule has 0 saturated heterocycles. The molecule has 9 heteroatoms. The summed E-state index contributed by atoms with van der Waals surface area (Å²) in [6.07, 6.45) is 7.52. The summed E-state index contributed by atoms with van der Waals surface area (Å²) in [4.78, 5) is 13.5. The molecule has 1 aliphatic carbocycles. The highest BCUT2D eigenvalue weighted by Crippen LogP contribution is 2.25. The number of allylic oxidation sites excluding steroid dienone is 2. The maximum absolute atomic E-state index is 13.5. The van der Waals surface area contributed by atoms with Gasteiger partial charge in [0, 0.05) is 11.1 Å². The Bertz CT molecular complexity index is 1750. The number of benzene rings is 2. The summed E-state index contributed by atoms with van der Waals surface area (Å²) < 4.78 is 53.5. The summed E-state index contributed by atoms with van der Waals surface area (Å²) in [6, 6.07) is 14.5. The zero-order valence-corrected chi connectivity index (χ0v) is 24.3. The first kappa shape index (κ1) is 28.7. The molecule has 0 bridgehead atoms. The third-order valence-corrected chi connectivity index (χ3v) is 9.56. The van der Waals surface area contributed by atoms with Crippen molar-refractivity contribution in [3.8, 4) is 0 Å². The molecule has 0 saturated carbocycles. The van der Waals surface area contributed by atoms with Crippen molar-refractivity contribution in [1.29, 1.82) is 0 Å². The standard InChI is InChI=1S/C30H34N2O5S2/c1-5-6-8-25-18-24-14-11-21(4)17-27(24)30(33)32(25)19-22-12-15-23(16-13-22)26-9-7-10-28(38(34)35)29(26)31-39(36,37)20(2)3/h7,9-18,20,29,31H,5-6,8,19H2,1-4H3. The lowest BCUT2D eigenvalue weighted by molar-refractivity contribution is 0.573. The van der Waals surface area contributed by atoms with Crippen LogP contribution in [0.1, 0.15) is 56.0 Å². The van der Waals surface area contributed by atoms with Crippen LogP contribution in [0, 0.1) is 6.92 Å². The van der Waals surface area contributed by atoms with E-state index in [1.165, 1.54) is 19.9 Å². The summed E-state index contributed by atoms with van der Waals surface area (Å²) in [5.74, 6) is 0. The molecule has 0 amide bonds. The summed E-state index contributed by atoms with van der Waals surface area (Å²) in [5.41, 5.74) is 4.14. The Balaban J connectivity index is 1.71. The molecule has 2 aromatic carbocycles. The van der Waals surface area contributed by atoms with Gasteiger partial charge in [-0.05, 0) is 73.9 Å². The van der Waals surface area contributed by atoms with Gasteiger partial charge in [0.2, 0.25) is 20.3 Å². The average molecular weight is 567 g/mol. The van der Waals surface area contributed by atoms with Gasteiger partial charge < -0.3 is 4.57 Å². The van der Waals surface area contributed by atoms with E-state index in [4.69, 9.17) is 0 Å². The third-order valence-electron chi connectivity index (χ3n) is 6.99. The van der Waals surface area contributed by atoms with Crippen LogP contribution >= 0.6 is 0 Å². The first-order valence-corrected chi connectivity index (χ1v) is 15.7. The van der Waals surface area contributed by atoms with Crippen molar-refractivity contribution in [2.75, 3.05) is 0 Å². The van der Waals surface area contributed by atoms with Gasteiger partial charge in [-0.25, -0.2) is 13.1 Å². The first-order chi connectivity index (χ1) is 18.5. The van der Waals surface area contributed by atoms with Crippen molar-refractivity contribution in [1.82, 2.24) is 9.29 Å². The zero-order valence-electron chi connectivity index (χ0n) is 22.6. The average Bonchev–Trinajstić information content (AvgIpc) is 2.90. The Morgan fingerprint density at radius 3 is 2.41 bits per heavy atom. The molecule has 1 heterocycles. The SMILES string of the molecule is CCCCc1cc2ccc(C)cc2c(=O)n1Cc1ccc(C2=CC=CC(=S(=O)=O)C2NS(=O)(=O)C(C)C)cc1. The second-order valence-electron chi connectivity index (χ2n) is 10.2. The minimum atomic E-state index is -3.75. The number of nitrogens with zero attached hydrogens (tertiary/aromatic N) is 1. The number of hydrogen-bond donors (Lipinski definition) is 1. The number of hydrogen-bond acceptors (Lipinski definition) is 5. The lowest BCUT2D eigenvalue weighted by Gasteiger charge is -2.24. The van der Waals surface area contributed by atoms with Crippen LogP contribution in [-0.2, 0) is 33.3 Å². The molecule has 1 unspecified atom stereocenters. The van der Waals surface area contributed by atoms with Crippen molar-refractivity contribution >= 4 is 41.5 Å². The topological polar surface area (TPSA) is 102 Å². The second-order valence-corrected chi connectivity index (χ2v) is 13.4. The lowest BCUT2D eigenvalue weighted by atomic mass is 9.92. The molecule has 1 atom stereocenters. The van der Waals surface area contributed by atoms with Gasteiger partial charge in [-0.1, -0.05) is 67.5 Å². The highest BCUT2D eigenvalue weighted by atomic mass is 32.2. The van der Waals surface area contributed by atoms with E-state index in [9.17, 15) is 21.6 Å². The van der Waals surface area contributed by atoms with Gasteiger partial charge in [0.05, 0.1) is 22.7 Å². The van der Waals surface area contributed by atoms with E-state index in [0.717, 1.165) is 41.5 Å². The van der Waals surface area contributed by atoms with Gasteiger partial charge in [0.25, 0.3) is 5.56 Å². The van der Waals surface area contributed by atoms with Gasteiger partial charge in [-0.2, -0.15) is 8.42 Å². The molecule has 1 aliphatic rings. The van der Waals surface area contributed by atoms with Crippen molar-refractivity contribution in [2.24, 2.45) is 0 Å². The number of nitrogens with one attached hydrogen (secondary N) is 1. The molecule has 0 spiro atoms. The van der Waals surface area contributed by atoms with E-state index in [2.05, 4.69) is 17.7 Å². The highest BCUT2D eigenvalue weighted by Gasteiger charge is 2.29. The van der Waals surface area contributed by atoms with Crippen molar-refractivity contribution in [2.45, 2.75) is 64.8 Å². The van der Waals surface area contributed by atoms with Crippen LogP contribution in [0.2, 0.25) is 0 Å². The molecule has 206 valence electrons. The van der Waals surface area contributed by atoms with Gasteiger partial charge in [-0.15, -0.1) is 0 Å².